The monoisotopic (exact) mass is 249 g/mol. The van der Waals surface area contributed by atoms with Gasteiger partial charge < -0.3 is 9.88 Å². The molecule has 3 rings (SSSR count). The van der Waals surface area contributed by atoms with Crippen molar-refractivity contribution in [3.63, 3.8) is 0 Å². The molecular weight excluding hydrogens is 236 g/mol. The second-order valence-corrected chi connectivity index (χ2v) is 4.47. The Hall–Kier alpha value is -1.75. The van der Waals surface area contributed by atoms with E-state index in [9.17, 15) is 8.78 Å². The van der Waals surface area contributed by atoms with Gasteiger partial charge in [0.2, 0.25) is 0 Å². The van der Waals surface area contributed by atoms with Gasteiger partial charge in [0.05, 0.1) is 23.9 Å². The van der Waals surface area contributed by atoms with Crippen molar-refractivity contribution in [2.45, 2.75) is 18.9 Å². The molecule has 0 amide bonds. The molecule has 0 saturated carbocycles. The predicted molar refractivity (Wildman–Crippen MR) is 63.5 cm³/mol. The van der Waals surface area contributed by atoms with E-state index >= 15 is 0 Å². The number of hydrogen-bond acceptors (Lipinski definition) is 2. The molecule has 2 heterocycles. The average molecular weight is 249 g/mol. The minimum absolute atomic E-state index is 0.207. The van der Waals surface area contributed by atoms with E-state index in [0.29, 0.717) is 5.69 Å². The second kappa shape index (κ2) is 4.49. The van der Waals surface area contributed by atoms with Gasteiger partial charge in [-0.15, -0.1) is 0 Å². The maximum absolute atomic E-state index is 13.2. The van der Waals surface area contributed by atoms with Crippen LogP contribution in [-0.2, 0) is 0 Å². The molecule has 1 aliphatic heterocycles. The van der Waals surface area contributed by atoms with Crippen molar-refractivity contribution in [1.82, 2.24) is 14.9 Å². The Kier molecular flexibility index (Phi) is 2.83. The SMILES string of the molecule is Fc1cc(F)cc(-n2cncc2[C@@H]2CCCN2)c1. The number of halogens is 2. The minimum atomic E-state index is -0.580. The number of imidazole rings is 1. The van der Waals surface area contributed by atoms with E-state index in [2.05, 4.69) is 10.3 Å². The zero-order valence-corrected chi connectivity index (χ0v) is 9.74. The molecule has 1 aromatic heterocycles. The molecule has 0 radical (unpaired) electrons. The lowest BCUT2D eigenvalue weighted by atomic mass is 10.1. The first-order valence-corrected chi connectivity index (χ1v) is 5.96. The Bertz CT molecular complexity index is 539. The van der Waals surface area contributed by atoms with Gasteiger partial charge in [-0.3, -0.25) is 0 Å². The quantitative estimate of drug-likeness (QED) is 0.886. The van der Waals surface area contributed by atoms with Crippen LogP contribution in [0.1, 0.15) is 24.6 Å². The van der Waals surface area contributed by atoms with Crippen LogP contribution >= 0.6 is 0 Å². The van der Waals surface area contributed by atoms with E-state index < -0.39 is 11.6 Å². The van der Waals surface area contributed by atoms with Crippen molar-refractivity contribution in [3.05, 3.63) is 48.1 Å². The van der Waals surface area contributed by atoms with Gasteiger partial charge in [0.15, 0.2) is 0 Å². The molecule has 18 heavy (non-hydrogen) atoms. The van der Waals surface area contributed by atoms with E-state index in [1.165, 1.54) is 12.1 Å². The Labute approximate surface area is 103 Å². The molecular formula is C13H13F2N3. The van der Waals surface area contributed by atoms with Crippen molar-refractivity contribution < 1.29 is 8.78 Å². The van der Waals surface area contributed by atoms with E-state index in [0.717, 1.165) is 31.1 Å². The molecule has 1 saturated heterocycles. The predicted octanol–water partition coefficient (Wildman–Crippen LogP) is 2.58. The molecule has 1 N–H and O–H groups in total. The van der Waals surface area contributed by atoms with Crippen LogP contribution in [0.4, 0.5) is 8.78 Å². The molecule has 1 aliphatic rings. The van der Waals surface area contributed by atoms with Crippen LogP contribution in [0.2, 0.25) is 0 Å². The smallest absolute Gasteiger partial charge is 0.128 e. The van der Waals surface area contributed by atoms with E-state index in [4.69, 9.17) is 0 Å². The van der Waals surface area contributed by atoms with Gasteiger partial charge >= 0.3 is 0 Å². The van der Waals surface area contributed by atoms with Crippen molar-refractivity contribution >= 4 is 0 Å². The molecule has 1 fully saturated rings. The van der Waals surface area contributed by atoms with Gasteiger partial charge in [-0.1, -0.05) is 0 Å². The average Bonchev–Trinajstić information content (AvgIpc) is 2.98. The van der Waals surface area contributed by atoms with Crippen molar-refractivity contribution in [2.24, 2.45) is 0 Å². The summed E-state index contributed by atoms with van der Waals surface area (Å²) >= 11 is 0. The Balaban J connectivity index is 2.03. The highest BCUT2D eigenvalue weighted by Gasteiger charge is 2.20. The van der Waals surface area contributed by atoms with Crippen LogP contribution in [0.5, 0.6) is 0 Å². The molecule has 94 valence electrons. The highest BCUT2D eigenvalue weighted by Crippen LogP contribution is 2.25. The molecule has 0 bridgehead atoms. The summed E-state index contributed by atoms with van der Waals surface area (Å²) in [5, 5.41) is 3.35. The summed E-state index contributed by atoms with van der Waals surface area (Å²) in [5.41, 5.74) is 1.41. The maximum Gasteiger partial charge on any atom is 0.128 e. The molecule has 1 atom stereocenters. The van der Waals surface area contributed by atoms with Crippen molar-refractivity contribution in [3.8, 4) is 5.69 Å². The lowest BCUT2D eigenvalue weighted by Gasteiger charge is -2.14. The summed E-state index contributed by atoms with van der Waals surface area (Å²) in [7, 11) is 0. The molecule has 5 heteroatoms. The third kappa shape index (κ3) is 2.01. The van der Waals surface area contributed by atoms with Crippen LogP contribution in [0.3, 0.4) is 0 Å². The molecule has 3 nitrogen and oxygen atoms in total. The Morgan fingerprint density at radius 3 is 2.67 bits per heavy atom. The zero-order valence-electron chi connectivity index (χ0n) is 9.74. The lowest BCUT2D eigenvalue weighted by Crippen LogP contribution is -2.16. The number of nitrogens with zero attached hydrogens (tertiary/aromatic N) is 2. The fraction of sp³-hybridized carbons (Fsp3) is 0.308. The van der Waals surface area contributed by atoms with E-state index in [-0.39, 0.29) is 6.04 Å². The third-order valence-electron chi connectivity index (χ3n) is 3.21. The standard InChI is InChI=1S/C13H13F2N3/c14-9-4-10(15)6-11(5-9)18-8-16-7-13(18)12-2-1-3-17-12/h4-8,12,17H,1-3H2/t12-/m0/s1. The molecule has 1 aromatic carbocycles. The maximum atomic E-state index is 13.2. The van der Waals surface area contributed by atoms with Gasteiger partial charge in [-0.2, -0.15) is 0 Å². The minimum Gasteiger partial charge on any atom is -0.309 e. The number of aromatic nitrogens is 2. The lowest BCUT2D eigenvalue weighted by molar-refractivity contribution is 0.577. The number of benzene rings is 1. The van der Waals surface area contributed by atoms with Crippen LogP contribution < -0.4 is 5.32 Å². The van der Waals surface area contributed by atoms with Crippen LogP contribution in [0.15, 0.2) is 30.7 Å². The van der Waals surface area contributed by atoms with Crippen LogP contribution in [-0.4, -0.2) is 16.1 Å². The van der Waals surface area contributed by atoms with Crippen LogP contribution in [0.25, 0.3) is 5.69 Å². The van der Waals surface area contributed by atoms with Gasteiger partial charge in [-0.05, 0) is 31.5 Å². The molecule has 0 aliphatic carbocycles. The number of nitrogens with one attached hydrogen (secondary N) is 1. The van der Waals surface area contributed by atoms with E-state index in [1.807, 2.05) is 0 Å². The number of hydrogen-bond donors (Lipinski definition) is 1. The summed E-state index contributed by atoms with van der Waals surface area (Å²) in [4.78, 5) is 4.08. The first-order chi connectivity index (χ1) is 8.74. The van der Waals surface area contributed by atoms with Crippen LogP contribution in [0, 0.1) is 11.6 Å². The highest BCUT2D eigenvalue weighted by atomic mass is 19.1. The number of rotatable bonds is 2. The molecule has 0 unspecified atom stereocenters. The molecule has 2 aromatic rings. The fourth-order valence-electron chi connectivity index (χ4n) is 2.39. The topological polar surface area (TPSA) is 29.9 Å². The van der Waals surface area contributed by atoms with Gasteiger partial charge in [0, 0.05) is 12.1 Å². The van der Waals surface area contributed by atoms with Gasteiger partial charge in [-0.25, -0.2) is 13.8 Å². The summed E-state index contributed by atoms with van der Waals surface area (Å²) < 4.78 is 28.2. The van der Waals surface area contributed by atoms with Gasteiger partial charge in [0.25, 0.3) is 0 Å². The Morgan fingerprint density at radius 2 is 2.00 bits per heavy atom. The van der Waals surface area contributed by atoms with E-state index in [1.54, 1.807) is 17.1 Å². The summed E-state index contributed by atoms with van der Waals surface area (Å²) in [6.45, 7) is 0.966. The normalized spacial score (nSPS) is 19.3. The molecule has 0 spiro atoms. The summed E-state index contributed by atoms with van der Waals surface area (Å²) in [5.74, 6) is -1.16. The highest BCUT2D eigenvalue weighted by molar-refractivity contribution is 5.35. The van der Waals surface area contributed by atoms with Crippen molar-refractivity contribution in [2.75, 3.05) is 6.54 Å². The largest absolute Gasteiger partial charge is 0.309 e. The summed E-state index contributed by atoms with van der Waals surface area (Å²) in [6.07, 6.45) is 5.45. The zero-order chi connectivity index (χ0) is 12.5. The Morgan fingerprint density at radius 1 is 1.22 bits per heavy atom. The van der Waals surface area contributed by atoms with Crippen molar-refractivity contribution in [1.29, 1.82) is 0 Å². The second-order valence-electron chi connectivity index (χ2n) is 4.47. The third-order valence-corrected chi connectivity index (χ3v) is 3.21. The first-order valence-electron chi connectivity index (χ1n) is 5.96. The summed E-state index contributed by atoms with van der Waals surface area (Å²) in [6, 6.07) is 3.69. The fourth-order valence-corrected chi connectivity index (χ4v) is 2.39. The first kappa shape index (κ1) is 11.3. The van der Waals surface area contributed by atoms with Gasteiger partial charge in [0.1, 0.15) is 11.6 Å².